The summed E-state index contributed by atoms with van der Waals surface area (Å²) in [5, 5.41) is 9.76. The van der Waals surface area contributed by atoms with Crippen LogP contribution in [0, 0.1) is 5.82 Å². The van der Waals surface area contributed by atoms with Crippen molar-refractivity contribution in [3.05, 3.63) is 35.8 Å². The number of rotatable bonds is 5. The van der Waals surface area contributed by atoms with E-state index >= 15 is 0 Å². The van der Waals surface area contributed by atoms with Gasteiger partial charge in [-0.3, -0.25) is 4.79 Å². The molecule has 1 amide bonds. The highest BCUT2D eigenvalue weighted by Gasteiger charge is 2.19. The van der Waals surface area contributed by atoms with Crippen LogP contribution in [0.25, 0.3) is 0 Å². The highest BCUT2D eigenvalue weighted by molar-refractivity contribution is 5.93. The monoisotopic (exact) mass is 279 g/mol. The van der Waals surface area contributed by atoms with Crippen molar-refractivity contribution in [3.63, 3.8) is 0 Å². The van der Waals surface area contributed by atoms with Gasteiger partial charge in [-0.2, -0.15) is 0 Å². The van der Waals surface area contributed by atoms with E-state index in [1.54, 1.807) is 12.1 Å². The summed E-state index contributed by atoms with van der Waals surface area (Å²) in [6.07, 6.45) is -0.310. The molecule has 7 heteroatoms. The second-order valence-corrected chi connectivity index (χ2v) is 4.09. The van der Waals surface area contributed by atoms with Crippen molar-refractivity contribution in [2.75, 3.05) is 5.32 Å². The van der Waals surface area contributed by atoms with Crippen LogP contribution < -0.4 is 10.1 Å². The van der Waals surface area contributed by atoms with Crippen LogP contribution in [-0.4, -0.2) is 22.3 Å². The van der Waals surface area contributed by atoms with E-state index in [9.17, 15) is 9.18 Å². The lowest BCUT2D eigenvalue weighted by molar-refractivity contribution is -0.122. The molecule has 1 atom stereocenters. The molecule has 2 aromatic rings. The minimum Gasteiger partial charge on any atom is -0.478 e. The maximum absolute atomic E-state index is 13.4. The number of aryl methyl sites for hydroxylation is 1. The van der Waals surface area contributed by atoms with E-state index in [2.05, 4.69) is 20.3 Å². The number of hydrogen-bond donors (Lipinski definition) is 1. The molecule has 0 radical (unpaired) electrons. The number of ether oxygens (including phenoxy) is 1. The van der Waals surface area contributed by atoms with Crippen LogP contribution in [0.1, 0.15) is 19.5 Å². The lowest BCUT2D eigenvalue weighted by Gasteiger charge is -2.14. The number of para-hydroxylation sites is 1. The van der Waals surface area contributed by atoms with E-state index in [0.29, 0.717) is 12.1 Å². The van der Waals surface area contributed by atoms with Gasteiger partial charge in [-0.15, -0.1) is 0 Å². The largest absolute Gasteiger partial charge is 0.478 e. The maximum atomic E-state index is 13.4. The molecule has 0 unspecified atom stereocenters. The summed E-state index contributed by atoms with van der Waals surface area (Å²) in [5.41, 5.74) is 0.538. The van der Waals surface area contributed by atoms with E-state index in [1.807, 2.05) is 6.92 Å². The molecule has 0 aliphatic heterocycles. The number of hydrogen-bond acceptors (Lipinski definition) is 5. The minimum atomic E-state index is -0.881. The summed E-state index contributed by atoms with van der Waals surface area (Å²) in [6.45, 7) is 3.37. The van der Waals surface area contributed by atoms with Crippen LogP contribution in [0.15, 0.2) is 28.9 Å². The Morgan fingerprint density at radius 1 is 1.45 bits per heavy atom. The van der Waals surface area contributed by atoms with Crippen molar-refractivity contribution in [2.45, 2.75) is 26.4 Å². The van der Waals surface area contributed by atoms with Gasteiger partial charge < -0.3 is 10.1 Å². The first-order valence-corrected chi connectivity index (χ1v) is 6.15. The number of carbonyl (C=O) groups is 1. The fourth-order valence-electron chi connectivity index (χ4n) is 1.54. The summed E-state index contributed by atoms with van der Waals surface area (Å²) in [4.78, 5) is 11.9. The van der Waals surface area contributed by atoms with Crippen molar-refractivity contribution in [1.82, 2.24) is 10.3 Å². The Balaban J connectivity index is 2.01. The Morgan fingerprint density at radius 2 is 2.20 bits per heavy atom. The van der Waals surface area contributed by atoms with Crippen LogP contribution in [0.4, 0.5) is 10.2 Å². The third kappa shape index (κ3) is 3.11. The van der Waals surface area contributed by atoms with Gasteiger partial charge in [0.2, 0.25) is 5.82 Å². The van der Waals surface area contributed by atoms with Gasteiger partial charge in [0.25, 0.3) is 5.91 Å². The second kappa shape index (κ2) is 6.14. The van der Waals surface area contributed by atoms with Crippen LogP contribution in [0.3, 0.4) is 0 Å². The van der Waals surface area contributed by atoms with Gasteiger partial charge >= 0.3 is 0 Å². The summed E-state index contributed by atoms with van der Waals surface area (Å²) in [5.74, 6) is -0.714. The molecule has 0 spiro atoms. The molecular formula is C13H14FN3O3. The molecule has 2 rings (SSSR count). The van der Waals surface area contributed by atoms with Crippen molar-refractivity contribution in [3.8, 4) is 5.75 Å². The van der Waals surface area contributed by atoms with E-state index in [-0.39, 0.29) is 11.6 Å². The first kappa shape index (κ1) is 14.0. The fraction of sp³-hybridized carbons (Fsp3) is 0.308. The zero-order valence-electron chi connectivity index (χ0n) is 11.1. The molecule has 0 saturated heterocycles. The molecule has 1 N–H and O–H groups in total. The van der Waals surface area contributed by atoms with Crippen LogP contribution in [0.2, 0.25) is 0 Å². The van der Waals surface area contributed by atoms with Gasteiger partial charge in [-0.25, -0.2) is 9.02 Å². The number of aromatic nitrogens is 2. The maximum Gasteiger partial charge on any atom is 0.266 e. The number of carbonyl (C=O) groups excluding carboxylic acids is 1. The predicted molar refractivity (Wildman–Crippen MR) is 68.8 cm³/mol. The Morgan fingerprint density at radius 3 is 2.90 bits per heavy atom. The number of nitrogens with zero attached hydrogens (tertiary/aromatic N) is 2. The van der Waals surface area contributed by atoms with Gasteiger partial charge in [-0.1, -0.05) is 24.2 Å². The molecule has 1 aromatic carbocycles. The standard InChI is InChI=1S/C13H14FN3O3/c1-3-10-12(17-20-16-10)15-13(18)8(2)19-11-7-5-4-6-9(11)14/h4-8H,3H2,1-2H3,(H,15,17,18)/t8-/m0/s1. The Kier molecular flexibility index (Phi) is 4.29. The quantitative estimate of drug-likeness (QED) is 0.907. The van der Waals surface area contributed by atoms with E-state index in [4.69, 9.17) is 4.74 Å². The van der Waals surface area contributed by atoms with Crippen LogP contribution >= 0.6 is 0 Å². The number of amides is 1. The molecule has 6 nitrogen and oxygen atoms in total. The third-order valence-electron chi connectivity index (χ3n) is 2.64. The van der Waals surface area contributed by atoms with Crippen LogP contribution in [-0.2, 0) is 11.2 Å². The molecule has 0 aliphatic rings. The Labute approximate surface area is 114 Å². The molecule has 0 bridgehead atoms. The van der Waals surface area contributed by atoms with Gasteiger partial charge in [-0.05, 0) is 30.6 Å². The van der Waals surface area contributed by atoms with Crippen molar-refractivity contribution in [1.29, 1.82) is 0 Å². The fourth-order valence-corrected chi connectivity index (χ4v) is 1.54. The number of halogens is 1. The summed E-state index contributed by atoms with van der Waals surface area (Å²) >= 11 is 0. The summed E-state index contributed by atoms with van der Waals surface area (Å²) in [7, 11) is 0. The molecule has 1 heterocycles. The molecule has 106 valence electrons. The van der Waals surface area contributed by atoms with Crippen molar-refractivity contribution >= 4 is 11.7 Å². The lowest BCUT2D eigenvalue weighted by atomic mass is 10.3. The molecule has 0 aliphatic carbocycles. The van der Waals surface area contributed by atoms with Gasteiger partial charge in [0, 0.05) is 0 Å². The molecular weight excluding hydrogens is 265 g/mol. The van der Waals surface area contributed by atoms with Gasteiger partial charge in [0.05, 0.1) is 0 Å². The number of nitrogens with one attached hydrogen (secondary N) is 1. The zero-order chi connectivity index (χ0) is 14.5. The first-order chi connectivity index (χ1) is 9.61. The SMILES string of the molecule is CCc1nonc1NC(=O)[C@H](C)Oc1ccccc1F. The minimum absolute atomic E-state index is 0.0177. The molecule has 1 aromatic heterocycles. The van der Waals surface area contributed by atoms with Crippen LogP contribution in [0.5, 0.6) is 5.75 Å². The number of anilines is 1. The summed E-state index contributed by atoms with van der Waals surface area (Å²) in [6, 6.07) is 5.88. The third-order valence-corrected chi connectivity index (χ3v) is 2.64. The highest BCUT2D eigenvalue weighted by atomic mass is 19.1. The van der Waals surface area contributed by atoms with Gasteiger partial charge in [0.15, 0.2) is 17.7 Å². The van der Waals surface area contributed by atoms with E-state index < -0.39 is 17.8 Å². The van der Waals surface area contributed by atoms with Crippen molar-refractivity contribution < 1.29 is 18.6 Å². The highest BCUT2D eigenvalue weighted by Crippen LogP contribution is 2.18. The van der Waals surface area contributed by atoms with Gasteiger partial charge in [0.1, 0.15) is 5.69 Å². The van der Waals surface area contributed by atoms with E-state index in [0.717, 1.165) is 0 Å². The average molecular weight is 279 g/mol. The average Bonchev–Trinajstić information content (AvgIpc) is 2.88. The molecule has 20 heavy (non-hydrogen) atoms. The Hall–Kier alpha value is -2.44. The zero-order valence-corrected chi connectivity index (χ0v) is 11.1. The van der Waals surface area contributed by atoms with E-state index in [1.165, 1.54) is 19.1 Å². The molecule has 0 fully saturated rings. The number of benzene rings is 1. The molecule has 0 saturated carbocycles. The summed E-state index contributed by atoms with van der Waals surface area (Å²) < 4.78 is 23.2. The lowest BCUT2D eigenvalue weighted by Crippen LogP contribution is -2.30. The normalized spacial score (nSPS) is 11.9. The second-order valence-electron chi connectivity index (χ2n) is 4.09. The predicted octanol–water partition coefficient (Wildman–Crippen LogP) is 2.18. The smallest absolute Gasteiger partial charge is 0.266 e. The Bertz CT molecular complexity index is 600. The van der Waals surface area contributed by atoms with Crippen molar-refractivity contribution in [2.24, 2.45) is 0 Å². The topological polar surface area (TPSA) is 77.3 Å². The first-order valence-electron chi connectivity index (χ1n) is 6.15.